The number of furan rings is 1. The molecule has 0 aliphatic carbocycles. The standard InChI is InChI=1S/C44H35BO/c1-5-6-15-28(2)29(3)26-27-30(4)32-20-14-25-39-42(32)37-23-12-22-36(44(37)46-39)41-34-19-11-10-18-33(34)40(31-16-8-7-9-17-31)43-35(41)21-13-24-38(43)45/h5-27H,1-4H3/b6-5-,28-15+,29-26+,30-27+. The number of para-hydroxylation sites is 1. The van der Waals surface area contributed by atoms with Gasteiger partial charge in [-0.3, -0.25) is 0 Å². The van der Waals surface area contributed by atoms with Crippen molar-refractivity contribution < 1.29 is 4.42 Å². The van der Waals surface area contributed by atoms with Crippen LogP contribution in [-0.2, 0) is 0 Å². The number of allylic oxidation sites excluding steroid dienone is 8. The van der Waals surface area contributed by atoms with Gasteiger partial charge in [0.25, 0.3) is 0 Å². The fourth-order valence-electron chi connectivity index (χ4n) is 6.67. The largest absolute Gasteiger partial charge is 0.455 e. The fraction of sp³-hybridized carbons (Fsp3) is 0.0909. The van der Waals surface area contributed by atoms with Crippen LogP contribution < -0.4 is 5.46 Å². The third-order valence-corrected chi connectivity index (χ3v) is 9.11. The van der Waals surface area contributed by atoms with E-state index in [4.69, 9.17) is 12.3 Å². The van der Waals surface area contributed by atoms with Gasteiger partial charge >= 0.3 is 0 Å². The number of fused-ring (bicyclic) bond motifs is 5. The zero-order chi connectivity index (χ0) is 31.8. The van der Waals surface area contributed by atoms with E-state index in [1.54, 1.807) is 0 Å². The summed E-state index contributed by atoms with van der Waals surface area (Å²) in [6.45, 7) is 8.52. The maximum atomic E-state index is 6.81. The summed E-state index contributed by atoms with van der Waals surface area (Å²) in [7, 11) is 6.81. The van der Waals surface area contributed by atoms with Crippen LogP contribution in [-0.4, -0.2) is 7.85 Å². The summed E-state index contributed by atoms with van der Waals surface area (Å²) in [4.78, 5) is 0. The first-order valence-electron chi connectivity index (χ1n) is 15.9. The molecular formula is C44H35BO. The highest BCUT2D eigenvalue weighted by Gasteiger charge is 2.21. The van der Waals surface area contributed by atoms with Crippen molar-refractivity contribution in [3.8, 4) is 22.3 Å². The molecule has 0 aliphatic rings. The first-order valence-corrected chi connectivity index (χ1v) is 15.9. The molecule has 0 unspecified atom stereocenters. The van der Waals surface area contributed by atoms with Gasteiger partial charge in [0.15, 0.2) is 0 Å². The summed E-state index contributed by atoms with van der Waals surface area (Å²) < 4.78 is 6.79. The van der Waals surface area contributed by atoms with Crippen LogP contribution in [0.25, 0.3) is 71.3 Å². The average Bonchev–Trinajstić information content (AvgIpc) is 3.48. The minimum Gasteiger partial charge on any atom is -0.455 e. The Kier molecular flexibility index (Phi) is 7.80. The lowest BCUT2D eigenvalue weighted by molar-refractivity contribution is 0.670. The molecule has 220 valence electrons. The summed E-state index contributed by atoms with van der Waals surface area (Å²) in [5.74, 6) is 0. The molecule has 0 amide bonds. The fourth-order valence-corrected chi connectivity index (χ4v) is 6.67. The Labute approximate surface area is 272 Å². The molecule has 7 rings (SSSR count). The van der Waals surface area contributed by atoms with Gasteiger partial charge in [0.1, 0.15) is 19.0 Å². The normalized spacial score (nSPS) is 13.2. The van der Waals surface area contributed by atoms with Crippen LogP contribution in [0.5, 0.6) is 0 Å². The van der Waals surface area contributed by atoms with Crippen molar-refractivity contribution in [2.75, 3.05) is 0 Å². The van der Waals surface area contributed by atoms with Gasteiger partial charge in [0.05, 0.1) is 0 Å². The molecule has 2 heteroatoms. The van der Waals surface area contributed by atoms with Crippen LogP contribution in [0.4, 0.5) is 0 Å². The molecular weight excluding hydrogens is 555 g/mol. The zero-order valence-electron chi connectivity index (χ0n) is 26.8. The minimum absolute atomic E-state index is 0.766. The number of hydrogen-bond acceptors (Lipinski definition) is 1. The van der Waals surface area contributed by atoms with Gasteiger partial charge in [-0.2, -0.15) is 0 Å². The molecule has 0 saturated heterocycles. The van der Waals surface area contributed by atoms with E-state index in [0.717, 1.165) is 60.4 Å². The van der Waals surface area contributed by atoms with E-state index in [1.165, 1.54) is 33.1 Å². The highest BCUT2D eigenvalue weighted by Crippen LogP contribution is 2.46. The van der Waals surface area contributed by atoms with Gasteiger partial charge < -0.3 is 4.42 Å². The molecule has 0 spiro atoms. The quantitative estimate of drug-likeness (QED) is 0.107. The lowest BCUT2D eigenvalue weighted by Gasteiger charge is -2.19. The second-order valence-electron chi connectivity index (χ2n) is 12.0. The summed E-state index contributed by atoms with van der Waals surface area (Å²) in [6.07, 6.45) is 10.7. The maximum absolute atomic E-state index is 6.81. The van der Waals surface area contributed by atoms with Gasteiger partial charge in [-0.25, -0.2) is 0 Å². The molecule has 1 aromatic heterocycles. The molecule has 0 aliphatic heterocycles. The maximum Gasteiger partial charge on any atom is 0.143 e. The van der Waals surface area contributed by atoms with Crippen molar-refractivity contribution >= 4 is 62.4 Å². The van der Waals surface area contributed by atoms with Crippen molar-refractivity contribution in [1.82, 2.24) is 0 Å². The Hall–Kier alpha value is -5.34. The van der Waals surface area contributed by atoms with Crippen LogP contribution in [0.1, 0.15) is 33.3 Å². The molecule has 2 radical (unpaired) electrons. The second kappa shape index (κ2) is 12.2. The molecule has 46 heavy (non-hydrogen) atoms. The van der Waals surface area contributed by atoms with E-state index in [0.29, 0.717) is 0 Å². The first kappa shape index (κ1) is 29.4. The third-order valence-electron chi connectivity index (χ3n) is 9.11. The van der Waals surface area contributed by atoms with Crippen LogP contribution >= 0.6 is 0 Å². The van der Waals surface area contributed by atoms with Crippen LogP contribution in [0.15, 0.2) is 155 Å². The van der Waals surface area contributed by atoms with Crippen molar-refractivity contribution in [2.45, 2.75) is 27.7 Å². The van der Waals surface area contributed by atoms with Gasteiger partial charge in [0, 0.05) is 21.9 Å². The van der Waals surface area contributed by atoms with Crippen molar-refractivity contribution in [2.24, 2.45) is 0 Å². The van der Waals surface area contributed by atoms with E-state index >= 15 is 0 Å². The Bertz CT molecular complexity index is 2400. The lowest BCUT2D eigenvalue weighted by Crippen LogP contribution is -2.06. The monoisotopic (exact) mass is 590 g/mol. The molecule has 0 atom stereocenters. The zero-order valence-corrected chi connectivity index (χ0v) is 26.8. The summed E-state index contributed by atoms with van der Waals surface area (Å²) in [5, 5.41) is 6.76. The molecule has 0 bridgehead atoms. The predicted octanol–water partition coefficient (Wildman–Crippen LogP) is 11.9. The minimum atomic E-state index is 0.766. The predicted molar refractivity (Wildman–Crippen MR) is 201 cm³/mol. The highest BCUT2D eigenvalue weighted by molar-refractivity contribution is 6.43. The number of rotatable bonds is 6. The summed E-state index contributed by atoms with van der Waals surface area (Å²) >= 11 is 0. The van der Waals surface area contributed by atoms with E-state index in [1.807, 2.05) is 13.0 Å². The van der Waals surface area contributed by atoms with Gasteiger partial charge in [0.2, 0.25) is 0 Å². The summed E-state index contributed by atoms with van der Waals surface area (Å²) in [5.41, 5.74) is 11.9. The third kappa shape index (κ3) is 5.01. The molecule has 0 fully saturated rings. The van der Waals surface area contributed by atoms with Gasteiger partial charge in [-0.15, -0.1) is 0 Å². The first-order chi connectivity index (χ1) is 22.5. The van der Waals surface area contributed by atoms with Crippen LogP contribution in [0.2, 0.25) is 0 Å². The SMILES string of the molecule is [B]c1cccc2c(-c3cccc4c3oc3cccc(/C(C)=C/C=C(C)/C(C)=C/C=C\C)c34)c3ccccc3c(-c3ccccc3)c12. The molecule has 0 saturated carbocycles. The molecule has 6 aromatic carbocycles. The second-order valence-corrected chi connectivity index (χ2v) is 12.0. The highest BCUT2D eigenvalue weighted by atomic mass is 16.3. The summed E-state index contributed by atoms with van der Waals surface area (Å²) in [6, 6.07) is 38.4. The van der Waals surface area contributed by atoms with E-state index in [9.17, 15) is 0 Å². The smallest absolute Gasteiger partial charge is 0.143 e. The topological polar surface area (TPSA) is 13.1 Å². The Morgan fingerprint density at radius 2 is 1.24 bits per heavy atom. The Morgan fingerprint density at radius 1 is 0.587 bits per heavy atom. The van der Waals surface area contributed by atoms with E-state index in [2.05, 4.69) is 154 Å². The Morgan fingerprint density at radius 3 is 2.02 bits per heavy atom. The Balaban J connectivity index is 1.50. The van der Waals surface area contributed by atoms with Crippen molar-refractivity contribution in [1.29, 1.82) is 0 Å². The van der Waals surface area contributed by atoms with E-state index < -0.39 is 0 Å². The van der Waals surface area contributed by atoms with Gasteiger partial charge in [-0.1, -0.05) is 139 Å². The number of benzene rings is 6. The molecule has 1 heterocycles. The number of hydrogen-bond donors (Lipinski definition) is 0. The average molecular weight is 591 g/mol. The van der Waals surface area contributed by atoms with Crippen LogP contribution in [0, 0.1) is 0 Å². The molecule has 1 nitrogen and oxygen atoms in total. The molecule has 0 N–H and O–H groups in total. The molecule has 7 aromatic rings. The van der Waals surface area contributed by atoms with E-state index in [-0.39, 0.29) is 0 Å². The van der Waals surface area contributed by atoms with Crippen molar-refractivity contribution in [3.05, 3.63) is 156 Å². The lowest BCUT2D eigenvalue weighted by atomic mass is 9.80. The van der Waals surface area contributed by atoms with Gasteiger partial charge in [-0.05, 0) is 88.7 Å². The van der Waals surface area contributed by atoms with Crippen molar-refractivity contribution in [3.63, 3.8) is 0 Å². The van der Waals surface area contributed by atoms with Crippen LogP contribution in [0.3, 0.4) is 0 Å².